The van der Waals surface area contributed by atoms with E-state index in [1.54, 1.807) is 12.2 Å². The third-order valence-corrected chi connectivity index (χ3v) is 3.40. The van der Waals surface area contributed by atoms with Gasteiger partial charge in [-0.2, -0.15) is 5.26 Å². The SMILES string of the molecule is CC(=O)OC1C(=O)N2CC=CCC2(C#N)C1OC(C)=O. The van der Waals surface area contributed by atoms with Crippen LogP contribution in [0.5, 0.6) is 0 Å². The van der Waals surface area contributed by atoms with Crippen molar-refractivity contribution in [2.24, 2.45) is 0 Å². The van der Waals surface area contributed by atoms with E-state index in [0.29, 0.717) is 0 Å². The molecule has 0 radical (unpaired) electrons. The first-order valence-electron chi connectivity index (χ1n) is 6.14. The van der Waals surface area contributed by atoms with Gasteiger partial charge in [-0.05, 0) is 0 Å². The number of hydrogen-bond acceptors (Lipinski definition) is 6. The molecule has 2 heterocycles. The van der Waals surface area contributed by atoms with Crippen LogP contribution in [-0.4, -0.2) is 47.0 Å². The average molecular weight is 278 g/mol. The zero-order valence-corrected chi connectivity index (χ0v) is 11.2. The number of carbonyl (C=O) groups is 3. The highest BCUT2D eigenvalue weighted by Gasteiger charge is 2.63. The van der Waals surface area contributed by atoms with E-state index in [9.17, 15) is 19.6 Å². The lowest BCUT2D eigenvalue weighted by Gasteiger charge is -2.36. The minimum Gasteiger partial charge on any atom is -0.454 e. The molecule has 0 aromatic rings. The molecule has 0 saturated carbocycles. The Morgan fingerprint density at radius 3 is 2.55 bits per heavy atom. The fourth-order valence-electron chi connectivity index (χ4n) is 2.60. The quantitative estimate of drug-likeness (QED) is 0.517. The topological polar surface area (TPSA) is 96.7 Å². The van der Waals surface area contributed by atoms with E-state index in [1.807, 2.05) is 0 Å². The standard InChI is InChI=1S/C13H14N2O5/c1-8(16)19-10-11(20-9(2)17)13(7-14)5-3-4-6-15(13)12(10)18/h3-4,10-11H,5-6H2,1-2H3. The molecule has 106 valence electrons. The molecule has 0 aromatic heterocycles. The highest BCUT2D eigenvalue weighted by Crippen LogP contribution is 2.39. The number of carbonyl (C=O) groups excluding carboxylic acids is 3. The molecule has 1 fully saturated rings. The molecule has 0 N–H and O–H groups in total. The second kappa shape index (κ2) is 4.96. The van der Waals surface area contributed by atoms with Crippen molar-refractivity contribution in [1.82, 2.24) is 4.90 Å². The summed E-state index contributed by atoms with van der Waals surface area (Å²) in [5, 5.41) is 9.50. The van der Waals surface area contributed by atoms with Crippen molar-refractivity contribution < 1.29 is 23.9 Å². The molecule has 7 heteroatoms. The molecule has 3 atom stereocenters. The lowest BCUT2D eigenvalue weighted by atomic mass is 9.88. The fraction of sp³-hybridized carbons (Fsp3) is 0.538. The first-order valence-corrected chi connectivity index (χ1v) is 6.14. The summed E-state index contributed by atoms with van der Waals surface area (Å²) in [5.74, 6) is -1.82. The fourth-order valence-corrected chi connectivity index (χ4v) is 2.60. The second-order valence-corrected chi connectivity index (χ2v) is 4.72. The van der Waals surface area contributed by atoms with Gasteiger partial charge in [0, 0.05) is 26.8 Å². The van der Waals surface area contributed by atoms with Gasteiger partial charge in [0.15, 0.2) is 11.6 Å². The molecular formula is C13H14N2O5. The highest BCUT2D eigenvalue weighted by molar-refractivity contribution is 5.89. The van der Waals surface area contributed by atoms with Crippen LogP contribution < -0.4 is 0 Å². The maximum atomic E-state index is 12.3. The van der Waals surface area contributed by atoms with Crippen LogP contribution in [0.15, 0.2) is 12.2 Å². The Kier molecular flexibility index (Phi) is 3.49. The Morgan fingerprint density at radius 2 is 2.00 bits per heavy atom. The molecule has 3 unspecified atom stereocenters. The van der Waals surface area contributed by atoms with Crippen LogP contribution >= 0.6 is 0 Å². The number of nitrogens with zero attached hydrogens (tertiary/aromatic N) is 2. The summed E-state index contributed by atoms with van der Waals surface area (Å²) in [4.78, 5) is 36.0. The van der Waals surface area contributed by atoms with Gasteiger partial charge in [-0.3, -0.25) is 14.4 Å². The smallest absolute Gasteiger partial charge is 0.303 e. The molecule has 7 nitrogen and oxygen atoms in total. The van der Waals surface area contributed by atoms with Gasteiger partial charge in [0.1, 0.15) is 0 Å². The van der Waals surface area contributed by atoms with Crippen molar-refractivity contribution >= 4 is 17.8 Å². The molecule has 0 aliphatic carbocycles. The summed E-state index contributed by atoms with van der Waals surface area (Å²) in [6, 6.07) is 2.05. The molecule has 0 spiro atoms. The first-order chi connectivity index (χ1) is 9.42. The van der Waals surface area contributed by atoms with Crippen LogP contribution in [0.25, 0.3) is 0 Å². The van der Waals surface area contributed by atoms with Gasteiger partial charge in [-0.15, -0.1) is 0 Å². The Hall–Kier alpha value is -2.36. The van der Waals surface area contributed by atoms with E-state index in [-0.39, 0.29) is 13.0 Å². The molecule has 0 aromatic carbocycles. The van der Waals surface area contributed by atoms with Crippen LogP contribution in [0.1, 0.15) is 20.3 Å². The van der Waals surface area contributed by atoms with Crippen molar-refractivity contribution in [2.45, 2.75) is 38.0 Å². The molecular weight excluding hydrogens is 264 g/mol. The Labute approximate surface area is 115 Å². The maximum Gasteiger partial charge on any atom is 0.303 e. The zero-order valence-electron chi connectivity index (χ0n) is 11.2. The number of amides is 1. The number of esters is 2. The summed E-state index contributed by atoms with van der Waals surface area (Å²) < 4.78 is 10.1. The maximum absolute atomic E-state index is 12.3. The van der Waals surface area contributed by atoms with Crippen molar-refractivity contribution in [3.05, 3.63) is 12.2 Å². The Balaban J connectivity index is 2.44. The van der Waals surface area contributed by atoms with Gasteiger partial charge >= 0.3 is 11.9 Å². The first kappa shape index (κ1) is 14.1. The van der Waals surface area contributed by atoms with Crippen molar-refractivity contribution in [2.75, 3.05) is 6.54 Å². The van der Waals surface area contributed by atoms with Gasteiger partial charge in [-0.25, -0.2) is 0 Å². The predicted octanol–water partition coefficient (Wildman–Crippen LogP) is -0.0857. The van der Waals surface area contributed by atoms with Crippen LogP contribution in [0.4, 0.5) is 0 Å². The minimum absolute atomic E-state index is 0.224. The summed E-state index contributed by atoms with van der Waals surface area (Å²) in [6.07, 6.45) is 1.33. The summed E-state index contributed by atoms with van der Waals surface area (Å²) in [6.45, 7) is 2.57. The van der Waals surface area contributed by atoms with Gasteiger partial charge in [0.25, 0.3) is 5.91 Å². The minimum atomic E-state index is -1.31. The molecule has 1 amide bonds. The number of ether oxygens (including phenoxy) is 2. The third-order valence-electron chi connectivity index (χ3n) is 3.40. The summed E-state index contributed by atoms with van der Waals surface area (Å²) in [5.41, 5.74) is -1.31. The normalized spacial score (nSPS) is 31.4. The van der Waals surface area contributed by atoms with Crippen molar-refractivity contribution in [3.8, 4) is 6.07 Å². The average Bonchev–Trinajstić information content (AvgIpc) is 2.61. The van der Waals surface area contributed by atoms with Gasteiger partial charge in [-0.1, -0.05) is 12.2 Å². The number of rotatable bonds is 2. The molecule has 1 saturated heterocycles. The lowest BCUT2D eigenvalue weighted by molar-refractivity contribution is -0.166. The van der Waals surface area contributed by atoms with E-state index in [1.165, 1.54) is 11.8 Å². The van der Waals surface area contributed by atoms with Crippen LogP contribution in [0.3, 0.4) is 0 Å². The molecule has 20 heavy (non-hydrogen) atoms. The number of fused-ring (bicyclic) bond motifs is 1. The van der Waals surface area contributed by atoms with Gasteiger partial charge < -0.3 is 14.4 Å². The van der Waals surface area contributed by atoms with E-state index in [0.717, 1.165) is 6.92 Å². The van der Waals surface area contributed by atoms with E-state index < -0.39 is 35.6 Å². The van der Waals surface area contributed by atoms with E-state index in [2.05, 4.69) is 6.07 Å². The van der Waals surface area contributed by atoms with Gasteiger partial charge in [0.2, 0.25) is 6.10 Å². The Morgan fingerprint density at radius 1 is 1.35 bits per heavy atom. The Bertz CT molecular complexity index is 535. The highest BCUT2D eigenvalue weighted by atomic mass is 16.6. The van der Waals surface area contributed by atoms with Crippen LogP contribution in [0.2, 0.25) is 0 Å². The summed E-state index contributed by atoms with van der Waals surface area (Å²) >= 11 is 0. The van der Waals surface area contributed by atoms with E-state index >= 15 is 0 Å². The zero-order chi connectivity index (χ0) is 14.9. The van der Waals surface area contributed by atoms with Crippen molar-refractivity contribution in [1.29, 1.82) is 5.26 Å². The van der Waals surface area contributed by atoms with Crippen molar-refractivity contribution in [3.63, 3.8) is 0 Å². The number of hydrogen-bond donors (Lipinski definition) is 0. The van der Waals surface area contributed by atoms with E-state index in [4.69, 9.17) is 9.47 Å². The predicted molar refractivity (Wildman–Crippen MR) is 64.9 cm³/mol. The lowest BCUT2D eigenvalue weighted by Crippen LogP contribution is -2.53. The molecule has 0 bridgehead atoms. The third kappa shape index (κ3) is 2.03. The molecule has 2 aliphatic heterocycles. The number of nitriles is 1. The largest absolute Gasteiger partial charge is 0.454 e. The molecule has 2 rings (SSSR count). The second-order valence-electron chi connectivity index (χ2n) is 4.72. The molecule has 2 aliphatic rings. The summed E-state index contributed by atoms with van der Waals surface area (Å²) in [7, 11) is 0. The van der Waals surface area contributed by atoms with Crippen LogP contribution in [-0.2, 0) is 23.9 Å². The monoisotopic (exact) mass is 278 g/mol. The van der Waals surface area contributed by atoms with Gasteiger partial charge in [0.05, 0.1) is 6.07 Å². The van der Waals surface area contributed by atoms with Crippen LogP contribution in [0, 0.1) is 11.3 Å².